The van der Waals surface area contributed by atoms with Gasteiger partial charge in [-0.2, -0.15) is 0 Å². The Balaban J connectivity index is 2.20. The maximum absolute atomic E-state index is 6.06. The molecule has 0 radical (unpaired) electrons. The van der Waals surface area contributed by atoms with Crippen molar-refractivity contribution >= 4 is 23.0 Å². The molecular weight excluding hydrogens is 254 g/mol. The van der Waals surface area contributed by atoms with Gasteiger partial charge in [0.05, 0.1) is 7.11 Å². The van der Waals surface area contributed by atoms with Crippen LogP contribution in [0.3, 0.4) is 0 Å². The highest BCUT2D eigenvalue weighted by Crippen LogP contribution is 2.27. The molecule has 106 valence electrons. The molecule has 1 heterocycles. The molecule has 2 aromatic rings. The first-order valence-electron chi connectivity index (χ1n) is 6.50. The van der Waals surface area contributed by atoms with Gasteiger partial charge >= 0.3 is 0 Å². The zero-order chi connectivity index (χ0) is 14.4. The predicted octanol–water partition coefficient (Wildman–Crippen LogP) is 2.63. The number of rotatable bonds is 6. The van der Waals surface area contributed by atoms with E-state index in [1.54, 1.807) is 7.11 Å². The minimum Gasteiger partial charge on any atom is -0.497 e. The second-order valence-corrected chi connectivity index (χ2v) is 4.27. The lowest BCUT2D eigenvalue weighted by Gasteiger charge is -2.12. The molecule has 1 aromatic carbocycles. The predicted molar refractivity (Wildman–Crippen MR) is 81.5 cm³/mol. The first-order chi connectivity index (χ1) is 9.74. The van der Waals surface area contributed by atoms with Gasteiger partial charge in [0.2, 0.25) is 0 Å². The first-order valence-corrected chi connectivity index (χ1v) is 6.50. The average molecular weight is 273 g/mol. The van der Waals surface area contributed by atoms with Gasteiger partial charge in [0.1, 0.15) is 17.8 Å². The number of ether oxygens (including phenoxy) is 1. The van der Waals surface area contributed by atoms with E-state index >= 15 is 0 Å². The molecule has 0 atom stereocenters. The van der Waals surface area contributed by atoms with Gasteiger partial charge in [-0.3, -0.25) is 0 Å². The SMILES string of the molecule is CCCNc1ncnc(Nc2cccc(OC)c2)c1N. The molecule has 0 saturated heterocycles. The van der Waals surface area contributed by atoms with Crippen LogP contribution in [0.25, 0.3) is 0 Å². The van der Waals surface area contributed by atoms with Crippen LogP contribution in [0.2, 0.25) is 0 Å². The number of anilines is 4. The van der Waals surface area contributed by atoms with Crippen molar-refractivity contribution in [3.05, 3.63) is 30.6 Å². The summed E-state index contributed by atoms with van der Waals surface area (Å²) in [7, 11) is 1.63. The number of aromatic nitrogens is 2. The van der Waals surface area contributed by atoms with Crippen LogP contribution >= 0.6 is 0 Å². The van der Waals surface area contributed by atoms with E-state index in [-0.39, 0.29) is 0 Å². The summed E-state index contributed by atoms with van der Waals surface area (Å²) in [4.78, 5) is 8.31. The third kappa shape index (κ3) is 3.28. The van der Waals surface area contributed by atoms with Crippen molar-refractivity contribution in [2.75, 3.05) is 30.0 Å². The smallest absolute Gasteiger partial charge is 0.159 e. The standard InChI is InChI=1S/C14H19N5O/c1-3-7-16-13-12(15)14(18-9-17-13)19-10-5-4-6-11(8-10)20-2/h4-6,8-9H,3,7,15H2,1-2H3,(H2,16,17,18,19). The summed E-state index contributed by atoms with van der Waals surface area (Å²) < 4.78 is 5.18. The molecule has 0 aliphatic heterocycles. The van der Waals surface area contributed by atoms with Gasteiger partial charge < -0.3 is 21.1 Å². The Labute approximate surface area is 118 Å². The molecule has 1 aromatic heterocycles. The maximum Gasteiger partial charge on any atom is 0.159 e. The van der Waals surface area contributed by atoms with Crippen molar-refractivity contribution in [1.82, 2.24) is 9.97 Å². The molecule has 0 amide bonds. The second-order valence-electron chi connectivity index (χ2n) is 4.27. The zero-order valence-corrected chi connectivity index (χ0v) is 11.7. The Bertz CT molecular complexity index is 573. The van der Waals surface area contributed by atoms with E-state index in [4.69, 9.17) is 10.5 Å². The highest BCUT2D eigenvalue weighted by atomic mass is 16.5. The van der Waals surface area contributed by atoms with Gasteiger partial charge in [-0.1, -0.05) is 13.0 Å². The van der Waals surface area contributed by atoms with Crippen LogP contribution < -0.4 is 21.1 Å². The summed E-state index contributed by atoms with van der Waals surface area (Å²) in [5.41, 5.74) is 7.42. The molecule has 6 nitrogen and oxygen atoms in total. The van der Waals surface area contributed by atoms with E-state index in [0.29, 0.717) is 17.3 Å². The fraction of sp³-hybridized carbons (Fsp3) is 0.286. The van der Waals surface area contributed by atoms with Gasteiger partial charge in [0, 0.05) is 18.3 Å². The largest absolute Gasteiger partial charge is 0.497 e. The molecule has 0 fully saturated rings. The minimum atomic E-state index is 0.503. The van der Waals surface area contributed by atoms with E-state index in [9.17, 15) is 0 Å². The molecular formula is C14H19N5O. The lowest BCUT2D eigenvalue weighted by atomic mass is 10.3. The monoisotopic (exact) mass is 273 g/mol. The molecule has 20 heavy (non-hydrogen) atoms. The third-order valence-corrected chi connectivity index (χ3v) is 2.76. The molecule has 2 rings (SSSR count). The molecule has 6 heteroatoms. The Hall–Kier alpha value is -2.50. The van der Waals surface area contributed by atoms with Crippen LogP contribution in [0.5, 0.6) is 5.75 Å². The number of hydrogen-bond acceptors (Lipinski definition) is 6. The van der Waals surface area contributed by atoms with E-state index < -0.39 is 0 Å². The Morgan fingerprint density at radius 1 is 1.25 bits per heavy atom. The number of methoxy groups -OCH3 is 1. The molecule has 0 saturated carbocycles. The van der Waals surface area contributed by atoms with Gasteiger partial charge in [0.15, 0.2) is 11.6 Å². The van der Waals surface area contributed by atoms with Crippen molar-refractivity contribution in [3.63, 3.8) is 0 Å². The number of nitrogens with two attached hydrogens (primary N) is 1. The van der Waals surface area contributed by atoms with Crippen LogP contribution in [0.1, 0.15) is 13.3 Å². The highest BCUT2D eigenvalue weighted by Gasteiger charge is 2.08. The maximum atomic E-state index is 6.06. The number of nitrogens with zero attached hydrogens (tertiary/aromatic N) is 2. The van der Waals surface area contributed by atoms with Gasteiger partial charge in [-0.25, -0.2) is 9.97 Å². The number of nitrogens with one attached hydrogen (secondary N) is 2. The van der Waals surface area contributed by atoms with Crippen molar-refractivity contribution in [1.29, 1.82) is 0 Å². The van der Waals surface area contributed by atoms with Crippen molar-refractivity contribution in [3.8, 4) is 5.75 Å². The molecule has 0 aliphatic rings. The normalized spacial score (nSPS) is 10.1. The van der Waals surface area contributed by atoms with Crippen LogP contribution in [-0.2, 0) is 0 Å². The van der Waals surface area contributed by atoms with Crippen LogP contribution in [0.4, 0.5) is 23.0 Å². The number of benzene rings is 1. The van der Waals surface area contributed by atoms with Crippen LogP contribution in [0, 0.1) is 0 Å². The first kappa shape index (κ1) is 13.9. The summed E-state index contributed by atoms with van der Waals surface area (Å²) in [5, 5.41) is 6.34. The van der Waals surface area contributed by atoms with Gasteiger partial charge in [-0.15, -0.1) is 0 Å². The van der Waals surface area contributed by atoms with E-state index in [1.807, 2.05) is 24.3 Å². The van der Waals surface area contributed by atoms with Crippen molar-refractivity contribution in [2.24, 2.45) is 0 Å². The van der Waals surface area contributed by atoms with Gasteiger partial charge in [-0.05, 0) is 18.6 Å². The Morgan fingerprint density at radius 2 is 2.05 bits per heavy atom. The topological polar surface area (TPSA) is 85.1 Å². The Morgan fingerprint density at radius 3 is 2.80 bits per heavy atom. The molecule has 0 aliphatic carbocycles. The molecule has 0 unspecified atom stereocenters. The summed E-state index contributed by atoms with van der Waals surface area (Å²) in [5.74, 6) is 1.99. The van der Waals surface area contributed by atoms with Crippen molar-refractivity contribution < 1.29 is 4.74 Å². The third-order valence-electron chi connectivity index (χ3n) is 2.76. The van der Waals surface area contributed by atoms with Crippen molar-refractivity contribution in [2.45, 2.75) is 13.3 Å². The Kier molecular flexibility index (Phi) is 4.60. The molecule has 4 N–H and O–H groups in total. The van der Waals surface area contributed by atoms with E-state index in [2.05, 4.69) is 27.5 Å². The number of nitrogen functional groups attached to an aromatic ring is 1. The summed E-state index contributed by atoms with van der Waals surface area (Å²) in [6.45, 7) is 2.90. The van der Waals surface area contributed by atoms with Crippen LogP contribution in [-0.4, -0.2) is 23.6 Å². The summed E-state index contributed by atoms with van der Waals surface area (Å²) >= 11 is 0. The molecule has 0 bridgehead atoms. The average Bonchev–Trinajstić information content (AvgIpc) is 2.48. The zero-order valence-electron chi connectivity index (χ0n) is 11.7. The lowest BCUT2D eigenvalue weighted by molar-refractivity contribution is 0.415. The molecule has 0 spiro atoms. The summed E-state index contributed by atoms with van der Waals surface area (Å²) in [6, 6.07) is 7.57. The minimum absolute atomic E-state index is 0.503. The quantitative estimate of drug-likeness (QED) is 0.750. The summed E-state index contributed by atoms with van der Waals surface area (Å²) in [6.07, 6.45) is 2.49. The second kappa shape index (κ2) is 6.60. The lowest BCUT2D eigenvalue weighted by Crippen LogP contribution is -2.08. The fourth-order valence-electron chi connectivity index (χ4n) is 1.72. The van der Waals surface area contributed by atoms with E-state index in [0.717, 1.165) is 24.4 Å². The highest BCUT2D eigenvalue weighted by molar-refractivity contribution is 5.77. The van der Waals surface area contributed by atoms with Crippen LogP contribution in [0.15, 0.2) is 30.6 Å². The number of hydrogen-bond donors (Lipinski definition) is 3. The fourth-order valence-corrected chi connectivity index (χ4v) is 1.72. The van der Waals surface area contributed by atoms with Gasteiger partial charge in [0.25, 0.3) is 0 Å². The van der Waals surface area contributed by atoms with E-state index in [1.165, 1.54) is 6.33 Å².